The molecular formula is C16H22FN3. The van der Waals surface area contributed by atoms with Gasteiger partial charge in [-0.2, -0.15) is 5.10 Å². The molecule has 0 spiro atoms. The topological polar surface area (TPSA) is 43.8 Å². The summed E-state index contributed by atoms with van der Waals surface area (Å²) >= 11 is 0. The van der Waals surface area contributed by atoms with Gasteiger partial charge in [0.2, 0.25) is 0 Å². The molecule has 0 aliphatic heterocycles. The molecule has 1 aromatic carbocycles. The van der Waals surface area contributed by atoms with E-state index in [9.17, 15) is 4.39 Å². The van der Waals surface area contributed by atoms with Crippen LogP contribution in [-0.2, 0) is 6.42 Å². The number of nitrogens with zero attached hydrogens (tertiary/aromatic N) is 2. The van der Waals surface area contributed by atoms with Gasteiger partial charge in [0.25, 0.3) is 0 Å². The van der Waals surface area contributed by atoms with Crippen LogP contribution in [0.4, 0.5) is 4.39 Å². The van der Waals surface area contributed by atoms with Crippen molar-refractivity contribution in [2.45, 2.75) is 38.6 Å². The van der Waals surface area contributed by atoms with Crippen molar-refractivity contribution >= 4 is 0 Å². The van der Waals surface area contributed by atoms with Crippen LogP contribution in [0.5, 0.6) is 0 Å². The third kappa shape index (κ3) is 3.45. The summed E-state index contributed by atoms with van der Waals surface area (Å²) in [6, 6.07) is 9.02. The molecule has 3 nitrogen and oxygen atoms in total. The number of hydrogen-bond acceptors (Lipinski definition) is 2. The highest BCUT2D eigenvalue weighted by molar-refractivity contribution is 5.22. The van der Waals surface area contributed by atoms with Crippen LogP contribution in [0.2, 0.25) is 0 Å². The molecule has 0 bridgehead atoms. The smallest absolute Gasteiger partial charge is 0.123 e. The van der Waals surface area contributed by atoms with Gasteiger partial charge in [-0.3, -0.25) is 4.68 Å². The van der Waals surface area contributed by atoms with Crippen molar-refractivity contribution in [1.29, 1.82) is 0 Å². The fourth-order valence-electron chi connectivity index (χ4n) is 2.24. The van der Waals surface area contributed by atoms with Crippen LogP contribution in [0, 0.1) is 5.82 Å². The van der Waals surface area contributed by atoms with Crippen LogP contribution in [0.1, 0.15) is 43.5 Å². The van der Waals surface area contributed by atoms with E-state index in [2.05, 4.69) is 18.9 Å². The lowest BCUT2D eigenvalue weighted by Crippen LogP contribution is -2.15. The molecule has 0 radical (unpaired) electrons. The molecular weight excluding hydrogens is 253 g/mol. The van der Waals surface area contributed by atoms with E-state index in [1.807, 2.05) is 16.9 Å². The molecule has 20 heavy (non-hydrogen) atoms. The maximum absolute atomic E-state index is 13.0. The van der Waals surface area contributed by atoms with Gasteiger partial charge in [-0.25, -0.2) is 4.39 Å². The predicted molar refractivity (Wildman–Crippen MR) is 79.1 cm³/mol. The molecule has 2 rings (SSSR count). The number of aromatic nitrogens is 2. The minimum atomic E-state index is -0.217. The van der Waals surface area contributed by atoms with Crippen molar-refractivity contribution in [3.05, 3.63) is 53.6 Å². The fourth-order valence-corrected chi connectivity index (χ4v) is 2.24. The van der Waals surface area contributed by atoms with E-state index in [1.165, 1.54) is 12.1 Å². The van der Waals surface area contributed by atoms with Crippen molar-refractivity contribution in [3.63, 3.8) is 0 Å². The molecule has 4 heteroatoms. The van der Waals surface area contributed by atoms with Crippen LogP contribution in [0.15, 0.2) is 36.5 Å². The maximum Gasteiger partial charge on any atom is 0.123 e. The van der Waals surface area contributed by atoms with Gasteiger partial charge in [-0.05, 0) is 50.1 Å². The summed E-state index contributed by atoms with van der Waals surface area (Å²) in [4.78, 5) is 0. The number of benzene rings is 1. The first-order valence-electron chi connectivity index (χ1n) is 7.13. The van der Waals surface area contributed by atoms with Gasteiger partial charge in [0.15, 0.2) is 0 Å². The first-order chi connectivity index (χ1) is 9.63. The fraction of sp³-hybridized carbons (Fsp3) is 0.438. The van der Waals surface area contributed by atoms with E-state index in [-0.39, 0.29) is 11.7 Å². The molecule has 108 valence electrons. The monoisotopic (exact) mass is 275 g/mol. The van der Waals surface area contributed by atoms with E-state index in [1.54, 1.807) is 12.1 Å². The number of halogens is 1. The second kappa shape index (κ2) is 6.66. The summed E-state index contributed by atoms with van der Waals surface area (Å²) in [5.74, 6) is -0.0403. The summed E-state index contributed by atoms with van der Waals surface area (Å²) in [7, 11) is 0. The SMILES string of the molecule is CCC(C)n1ccc(CC(CN)c2ccc(F)cc2)n1. The normalized spacial score (nSPS) is 14.2. The summed E-state index contributed by atoms with van der Waals surface area (Å²) < 4.78 is 15.0. The first-order valence-corrected chi connectivity index (χ1v) is 7.13. The highest BCUT2D eigenvalue weighted by atomic mass is 19.1. The lowest BCUT2D eigenvalue weighted by Gasteiger charge is -2.14. The van der Waals surface area contributed by atoms with E-state index in [0.717, 1.165) is 24.1 Å². The van der Waals surface area contributed by atoms with Gasteiger partial charge in [0.05, 0.1) is 5.69 Å². The summed E-state index contributed by atoms with van der Waals surface area (Å²) in [5.41, 5.74) is 7.95. The Morgan fingerprint density at radius 3 is 2.55 bits per heavy atom. The van der Waals surface area contributed by atoms with Gasteiger partial charge >= 0.3 is 0 Å². The molecule has 0 amide bonds. The Morgan fingerprint density at radius 2 is 1.95 bits per heavy atom. The molecule has 0 saturated carbocycles. The Kier molecular flexibility index (Phi) is 4.90. The average molecular weight is 275 g/mol. The minimum absolute atomic E-state index is 0.177. The van der Waals surface area contributed by atoms with E-state index in [0.29, 0.717) is 12.6 Å². The van der Waals surface area contributed by atoms with E-state index >= 15 is 0 Å². The molecule has 0 saturated heterocycles. The Bertz CT molecular complexity index is 533. The summed E-state index contributed by atoms with van der Waals surface area (Å²) in [5, 5.41) is 4.60. The molecule has 1 heterocycles. The van der Waals surface area contributed by atoms with Crippen LogP contribution in [0.25, 0.3) is 0 Å². The second-order valence-corrected chi connectivity index (χ2v) is 5.23. The quantitative estimate of drug-likeness (QED) is 0.879. The Morgan fingerprint density at radius 1 is 1.25 bits per heavy atom. The standard InChI is InChI=1S/C16H22FN3/c1-3-12(2)20-9-8-16(19-20)10-14(11-18)13-4-6-15(17)7-5-13/h4-9,12,14H,3,10-11,18H2,1-2H3. The van der Waals surface area contributed by atoms with Crippen molar-refractivity contribution in [2.24, 2.45) is 5.73 Å². The third-order valence-electron chi connectivity index (χ3n) is 3.79. The lowest BCUT2D eigenvalue weighted by molar-refractivity contribution is 0.471. The van der Waals surface area contributed by atoms with Crippen molar-refractivity contribution in [1.82, 2.24) is 9.78 Å². The Hall–Kier alpha value is -1.68. The maximum atomic E-state index is 13.0. The Balaban J connectivity index is 2.10. The molecule has 0 aliphatic carbocycles. The molecule has 1 aromatic heterocycles. The van der Waals surface area contributed by atoms with Crippen LogP contribution >= 0.6 is 0 Å². The summed E-state index contributed by atoms with van der Waals surface area (Å²) in [6.07, 6.45) is 3.85. The number of nitrogens with two attached hydrogens (primary N) is 1. The Labute approximate surface area is 119 Å². The van der Waals surface area contributed by atoms with Crippen molar-refractivity contribution in [2.75, 3.05) is 6.54 Å². The van der Waals surface area contributed by atoms with E-state index in [4.69, 9.17) is 5.73 Å². The summed E-state index contributed by atoms with van der Waals surface area (Å²) in [6.45, 7) is 4.83. The highest BCUT2D eigenvalue weighted by Crippen LogP contribution is 2.20. The second-order valence-electron chi connectivity index (χ2n) is 5.23. The third-order valence-corrected chi connectivity index (χ3v) is 3.79. The molecule has 2 atom stereocenters. The van der Waals surface area contributed by atoms with Gasteiger partial charge < -0.3 is 5.73 Å². The zero-order valence-electron chi connectivity index (χ0n) is 12.1. The minimum Gasteiger partial charge on any atom is -0.330 e. The molecule has 0 fully saturated rings. The van der Waals surface area contributed by atoms with Crippen molar-refractivity contribution < 1.29 is 4.39 Å². The largest absolute Gasteiger partial charge is 0.330 e. The lowest BCUT2D eigenvalue weighted by atomic mass is 9.94. The van der Waals surface area contributed by atoms with Gasteiger partial charge in [-0.1, -0.05) is 19.1 Å². The average Bonchev–Trinajstić information content (AvgIpc) is 2.93. The van der Waals surface area contributed by atoms with Gasteiger partial charge in [0, 0.05) is 18.2 Å². The first kappa shape index (κ1) is 14.7. The van der Waals surface area contributed by atoms with Crippen LogP contribution in [-0.4, -0.2) is 16.3 Å². The number of rotatable bonds is 6. The molecule has 2 N–H and O–H groups in total. The van der Waals surface area contributed by atoms with Crippen molar-refractivity contribution in [3.8, 4) is 0 Å². The van der Waals surface area contributed by atoms with E-state index < -0.39 is 0 Å². The number of hydrogen-bond donors (Lipinski definition) is 1. The molecule has 0 aliphatic rings. The van der Waals surface area contributed by atoms with Crippen LogP contribution in [0.3, 0.4) is 0 Å². The van der Waals surface area contributed by atoms with Crippen LogP contribution < -0.4 is 5.73 Å². The zero-order valence-corrected chi connectivity index (χ0v) is 12.1. The van der Waals surface area contributed by atoms with Gasteiger partial charge in [0.1, 0.15) is 5.82 Å². The highest BCUT2D eigenvalue weighted by Gasteiger charge is 2.13. The van der Waals surface area contributed by atoms with Gasteiger partial charge in [-0.15, -0.1) is 0 Å². The zero-order chi connectivity index (χ0) is 14.5. The predicted octanol–water partition coefficient (Wildman–Crippen LogP) is 3.28. The molecule has 2 aromatic rings. The molecule has 2 unspecified atom stereocenters.